The zero-order valence-electron chi connectivity index (χ0n) is 8.10. The Bertz CT molecular complexity index is 587. The van der Waals surface area contributed by atoms with Crippen LogP contribution in [0.3, 0.4) is 0 Å². The van der Waals surface area contributed by atoms with Crippen molar-refractivity contribution in [3.05, 3.63) is 40.6 Å². The van der Waals surface area contributed by atoms with Gasteiger partial charge in [-0.3, -0.25) is 14.7 Å². The Labute approximate surface area is 86.3 Å². The molecule has 1 aromatic heterocycles. The zero-order chi connectivity index (χ0) is 10.8. The van der Waals surface area contributed by atoms with Crippen LogP contribution < -0.4 is 0 Å². The molecule has 0 aliphatic rings. The van der Waals surface area contributed by atoms with Gasteiger partial charge >= 0.3 is 0 Å². The highest BCUT2D eigenvalue weighted by molar-refractivity contribution is 5.83. The molecule has 4 nitrogen and oxygen atoms in total. The van der Waals surface area contributed by atoms with E-state index in [1.54, 1.807) is 23.8 Å². The first-order chi connectivity index (χ1) is 7.22. The van der Waals surface area contributed by atoms with Crippen molar-refractivity contribution >= 4 is 16.6 Å². The van der Waals surface area contributed by atoms with Gasteiger partial charge in [0.1, 0.15) is 0 Å². The minimum absolute atomic E-state index is 0.0837. The van der Waals surface area contributed by atoms with Crippen LogP contribution in [-0.4, -0.2) is 9.49 Å². The van der Waals surface area contributed by atoms with Gasteiger partial charge in [-0.05, 0) is 19.1 Å². The lowest BCUT2D eigenvalue weighted by molar-refractivity contribution is -0.384. The predicted octanol–water partition coefficient (Wildman–Crippen LogP) is 2.38. The minimum Gasteiger partial charge on any atom is -0.276 e. The minimum atomic E-state index is -0.407. The number of fused-ring (bicyclic) bond motifs is 1. The maximum absolute atomic E-state index is 10.6. The third-order valence-electron chi connectivity index (χ3n) is 2.12. The first-order valence-corrected chi connectivity index (χ1v) is 4.40. The number of hydrogen-bond donors (Lipinski definition) is 0. The fraction of sp³-hybridized carbons (Fsp3) is 0.0909. The van der Waals surface area contributed by atoms with E-state index in [-0.39, 0.29) is 5.69 Å². The van der Waals surface area contributed by atoms with E-state index in [9.17, 15) is 10.1 Å². The number of rotatable bonds is 1. The Kier molecular flexibility index (Phi) is 2.14. The number of nitro benzene ring substituents is 1. The van der Waals surface area contributed by atoms with E-state index in [0.717, 1.165) is 10.9 Å². The first kappa shape index (κ1) is 9.28. The molecule has 1 aromatic carbocycles. The molecule has 0 spiro atoms. The Balaban J connectivity index is 2.70. The summed E-state index contributed by atoms with van der Waals surface area (Å²) in [6, 6.07) is 9.46. The Morgan fingerprint density at radius 2 is 2.20 bits per heavy atom. The average Bonchev–Trinajstić information content (AvgIpc) is 2.61. The van der Waals surface area contributed by atoms with Gasteiger partial charge in [0.15, 0.2) is 0 Å². The second kappa shape index (κ2) is 3.46. The number of non-ortho nitro benzene ring substituents is 1. The lowest BCUT2D eigenvalue weighted by atomic mass is 10.2. The predicted molar refractivity (Wildman–Crippen MR) is 57.4 cm³/mol. The number of aromatic nitrogens is 1. The summed E-state index contributed by atoms with van der Waals surface area (Å²) in [5.74, 6) is 2.75. The molecule has 15 heavy (non-hydrogen) atoms. The van der Waals surface area contributed by atoms with Crippen molar-refractivity contribution in [2.45, 2.75) is 6.92 Å². The molecule has 2 aromatic rings. The van der Waals surface area contributed by atoms with Gasteiger partial charge in [-0.1, -0.05) is 5.92 Å². The molecule has 0 radical (unpaired) electrons. The van der Waals surface area contributed by atoms with E-state index in [1.807, 2.05) is 6.07 Å². The average molecular weight is 200 g/mol. The highest BCUT2D eigenvalue weighted by atomic mass is 16.6. The Morgan fingerprint density at radius 1 is 1.40 bits per heavy atom. The van der Waals surface area contributed by atoms with Gasteiger partial charge in [-0.25, -0.2) is 0 Å². The summed E-state index contributed by atoms with van der Waals surface area (Å²) < 4.78 is 1.68. The van der Waals surface area contributed by atoms with Gasteiger partial charge in [0.05, 0.1) is 10.4 Å². The van der Waals surface area contributed by atoms with Crippen LogP contribution in [0.2, 0.25) is 0 Å². The van der Waals surface area contributed by atoms with Crippen LogP contribution in [0.25, 0.3) is 10.9 Å². The Hall–Kier alpha value is -2.28. The molecule has 4 heteroatoms. The third-order valence-corrected chi connectivity index (χ3v) is 2.12. The standard InChI is InChI=1S/C11H8N2O2/c1-2-6-12-7-5-9-3-4-10(13(14)15)8-11(9)12/h3-5,7-8H,1H3. The summed E-state index contributed by atoms with van der Waals surface area (Å²) in [4.78, 5) is 10.2. The molecule has 0 saturated carbocycles. The van der Waals surface area contributed by atoms with Crippen molar-refractivity contribution in [2.24, 2.45) is 0 Å². The van der Waals surface area contributed by atoms with Crippen molar-refractivity contribution < 1.29 is 4.92 Å². The fourth-order valence-corrected chi connectivity index (χ4v) is 1.45. The number of nitro groups is 1. The monoisotopic (exact) mass is 200 g/mol. The van der Waals surface area contributed by atoms with Crippen molar-refractivity contribution in [3.63, 3.8) is 0 Å². The molecule has 0 aliphatic carbocycles. The highest BCUT2D eigenvalue weighted by Crippen LogP contribution is 2.21. The maximum atomic E-state index is 10.6. The van der Waals surface area contributed by atoms with Crippen LogP contribution in [0.4, 0.5) is 5.69 Å². The fourth-order valence-electron chi connectivity index (χ4n) is 1.45. The Morgan fingerprint density at radius 3 is 2.87 bits per heavy atom. The molecular weight excluding hydrogens is 192 g/mol. The number of hydrogen-bond acceptors (Lipinski definition) is 2. The molecular formula is C11H8N2O2. The maximum Gasteiger partial charge on any atom is 0.271 e. The summed E-state index contributed by atoms with van der Waals surface area (Å²) in [5, 5.41) is 11.5. The lowest BCUT2D eigenvalue weighted by Gasteiger charge is -1.95. The van der Waals surface area contributed by atoms with Crippen LogP contribution in [0, 0.1) is 22.1 Å². The smallest absolute Gasteiger partial charge is 0.271 e. The molecule has 74 valence electrons. The normalized spacial score (nSPS) is 9.67. The van der Waals surface area contributed by atoms with Crippen molar-refractivity contribution in [1.82, 2.24) is 4.57 Å². The van der Waals surface area contributed by atoms with Gasteiger partial charge in [0.25, 0.3) is 5.69 Å². The quantitative estimate of drug-likeness (QED) is 0.403. The summed E-state index contributed by atoms with van der Waals surface area (Å²) in [6.07, 6.45) is 1.80. The second-order valence-electron chi connectivity index (χ2n) is 3.05. The van der Waals surface area contributed by atoms with Crippen molar-refractivity contribution in [3.8, 4) is 12.0 Å². The van der Waals surface area contributed by atoms with Gasteiger partial charge in [0, 0.05) is 29.8 Å². The molecule has 0 bridgehead atoms. The van der Waals surface area contributed by atoms with Gasteiger partial charge < -0.3 is 0 Å². The van der Waals surface area contributed by atoms with Crippen LogP contribution >= 0.6 is 0 Å². The van der Waals surface area contributed by atoms with Gasteiger partial charge in [-0.15, -0.1) is 0 Å². The van der Waals surface area contributed by atoms with Crippen LogP contribution in [-0.2, 0) is 0 Å². The van der Waals surface area contributed by atoms with Crippen LogP contribution in [0.5, 0.6) is 0 Å². The second-order valence-corrected chi connectivity index (χ2v) is 3.05. The largest absolute Gasteiger partial charge is 0.276 e. The number of benzene rings is 1. The summed E-state index contributed by atoms with van der Waals surface area (Å²) >= 11 is 0. The van der Waals surface area contributed by atoms with Crippen LogP contribution in [0.1, 0.15) is 6.92 Å². The topological polar surface area (TPSA) is 48.1 Å². The molecule has 0 saturated heterocycles. The summed E-state index contributed by atoms with van der Waals surface area (Å²) in [6.45, 7) is 1.73. The third kappa shape index (κ3) is 1.55. The molecule has 1 heterocycles. The van der Waals surface area contributed by atoms with E-state index in [0.29, 0.717) is 0 Å². The highest BCUT2D eigenvalue weighted by Gasteiger charge is 2.07. The first-order valence-electron chi connectivity index (χ1n) is 4.40. The molecule has 0 aliphatic heterocycles. The molecule has 0 N–H and O–H groups in total. The SMILES string of the molecule is CC#Cn1ccc2ccc([N+](=O)[O-])cc21. The van der Waals surface area contributed by atoms with Crippen molar-refractivity contribution in [2.75, 3.05) is 0 Å². The molecule has 0 amide bonds. The van der Waals surface area contributed by atoms with E-state index in [2.05, 4.69) is 12.0 Å². The molecule has 0 atom stereocenters. The number of nitrogens with zero attached hydrogens (tertiary/aromatic N) is 2. The molecule has 2 rings (SSSR count). The van der Waals surface area contributed by atoms with Gasteiger partial charge in [-0.2, -0.15) is 0 Å². The summed E-state index contributed by atoms with van der Waals surface area (Å²) in [5.41, 5.74) is 0.846. The molecule has 0 fully saturated rings. The van der Waals surface area contributed by atoms with E-state index in [1.165, 1.54) is 12.1 Å². The van der Waals surface area contributed by atoms with E-state index < -0.39 is 4.92 Å². The van der Waals surface area contributed by atoms with E-state index in [4.69, 9.17) is 0 Å². The van der Waals surface area contributed by atoms with E-state index >= 15 is 0 Å². The lowest BCUT2D eigenvalue weighted by Crippen LogP contribution is -1.89. The van der Waals surface area contributed by atoms with Crippen molar-refractivity contribution in [1.29, 1.82) is 0 Å². The zero-order valence-corrected chi connectivity index (χ0v) is 8.10. The van der Waals surface area contributed by atoms with Crippen LogP contribution in [0.15, 0.2) is 30.5 Å². The summed E-state index contributed by atoms with van der Waals surface area (Å²) in [7, 11) is 0. The molecule has 0 unspecified atom stereocenters. The van der Waals surface area contributed by atoms with Gasteiger partial charge in [0.2, 0.25) is 0 Å².